The van der Waals surface area contributed by atoms with Crippen LogP contribution in [-0.4, -0.2) is 32.6 Å². The second-order valence-corrected chi connectivity index (χ2v) is 5.73. The average molecular weight is 349 g/mol. The Kier molecular flexibility index (Phi) is 4.39. The number of hydrogen-bond acceptors (Lipinski definition) is 4. The van der Waals surface area contributed by atoms with Gasteiger partial charge in [-0.15, -0.1) is 0 Å². The minimum absolute atomic E-state index is 0.111. The van der Waals surface area contributed by atoms with Crippen LogP contribution in [0.15, 0.2) is 30.6 Å². The van der Waals surface area contributed by atoms with Crippen molar-refractivity contribution in [3.63, 3.8) is 0 Å². The lowest BCUT2D eigenvalue weighted by Crippen LogP contribution is -2.14. The summed E-state index contributed by atoms with van der Waals surface area (Å²) in [6.07, 6.45) is 2.91. The number of aromatic nitrogens is 4. The number of nitrogens with one attached hydrogen (secondary N) is 1. The second kappa shape index (κ2) is 6.50. The number of anilines is 1. The monoisotopic (exact) mass is 349 g/mol. The van der Waals surface area contributed by atoms with Gasteiger partial charge in [-0.1, -0.05) is 0 Å². The van der Waals surface area contributed by atoms with Gasteiger partial charge in [0.05, 0.1) is 18.3 Å². The van der Waals surface area contributed by atoms with Crippen molar-refractivity contribution in [2.45, 2.75) is 26.4 Å². The zero-order valence-electron chi connectivity index (χ0n) is 13.9. The first kappa shape index (κ1) is 16.9. The van der Waals surface area contributed by atoms with Crippen molar-refractivity contribution in [3.8, 4) is 5.75 Å². The molecule has 0 unspecified atom stereocenters. The molecular weight excluding hydrogens is 332 g/mol. The normalized spacial score (nSPS) is 11.5. The zero-order chi connectivity index (χ0) is 18.1. The standard InChI is InChI=1S/C16H17F2N5O2/c1-9(2)23-8-10-6-13(14(25-3)7-12(10)21-23)19-15(24)11-4-5-22(20-11)16(17)18/h4-9,16H,1-3H3,(H,19,24). The number of benzene rings is 1. The first-order chi connectivity index (χ1) is 11.9. The zero-order valence-corrected chi connectivity index (χ0v) is 13.9. The molecule has 1 aromatic carbocycles. The Balaban J connectivity index is 1.92. The number of fused-ring (bicyclic) bond motifs is 1. The van der Waals surface area contributed by atoms with E-state index in [1.165, 1.54) is 13.2 Å². The Bertz CT molecular complexity index is 917. The smallest absolute Gasteiger partial charge is 0.333 e. The van der Waals surface area contributed by atoms with Crippen molar-refractivity contribution < 1.29 is 18.3 Å². The van der Waals surface area contributed by atoms with Crippen LogP contribution in [0, 0.1) is 0 Å². The molecule has 2 aromatic heterocycles. The van der Waals surface area contributed by atoms with E-state index in [0.717, 1.165) is 17.1 Å². The number of rotatable bonds is 5. The number of alkyl halides is 2. The summed E-state index contributed by atoms with van der Waals surface area (Å²) in [6, 6.07) is 4.85. The van der Waals surface area contributed by atoms with Crippen molar-refractivity contribution in [2.75, 3.05) is 12.4 Å². The van der Waals surface area contributed by atoms with E-state index >= 15 is 0 Å². The van der Waals surface area contributed by atoms with Crippen LogP contribution in [-0.2, 0) is 0 Å². The molecule has 25 heavy (non-hydrogen) atoms. The van der Waals surface area contributed by atoms with E-state index in [1.54, 1.807) is 16.8 Å². The summed E-state index contributed by atoms with van der Waals surface area (Å²) >= 11 is 0. The fraction of sp³-hybridized carbons (Fsp3) is 0.312. The molecule has 0 aliphatic carbocycles. The lowest BCUT2D eigenvalue weighted by Gasteiger charge is -2.09. The second-order valence-electron chi connectivity index (χ2n) is 5.73. The molecule has 0 fully saturated rings. The maximum absolute atomic E-state index is 12.6. The predicted octanol–water partition coefficient (Wildman–Crippen LogP) is 3.47. The predicted molar refractivity (Wildman–Crippen MR) is 88.1 cm³/mol. The van der Waals surface area contributed by atoms with Gasteiger partial charge in [-0.25, -0.2) is 4.68 Å². The van der Waals surface area contributed by atoms with Gasteiger partial charge in [0.1, 0.15) is 5.75 Å². The molecule has 9 heteroatoms. The molecule has 7 nitrogen and oxygen atoms in total. The summed E-state index contributed by atoms with van der Waals surface area (Å²) in [6.45, 7) is 1.21. The molecule has 0 atom stereocenters. The van der Waals surface area contributed by atoms with Crippen molar-refractivity contribution >= 4 is 22.5 Å². The van der Waals surface area contributed by atoms with Crippen molar-refractivity contribution in [2.24, 2.45) is 0 Å². The van der Waals surface area contributed by atoms with E-state index in [9.17, 15) is 13.6 Å². The van der Waals surface area contributed by atoms with Crippen LogP contribution in [0.3, 0.4) is 0 Å². The Morgan fingerprint density at radius 1 is 1.24 bits per heavy atom. The highest BCUT2D eigenvalue weighted by Crippen LogP contribution is 2.30. The topological polar surface area (TPSA) is 74.0 Å². The SMILES string of the molecule is COc1cc2nn(C(C)C)cc2cc1NC(=O)c1ccn(C(F)F)n1. The Labute approximate surface area is 142 Å². The Hall–Kier alpha value is -2.97. The van der Waals surface area contributed by atoms with Crippen molar-refractivity contribution in [1.82, 2.24) is 19.6 Å². The third-order valence-electron chi connectivity index (χ3n) is 3.66. The molecule has 0 saturated carbocycles. The largest absolute Gasteiger partial charge is 0.494 e. The molecule has 0 spiro atoms. The molecule has 1 N–H and O–H groups in total. The minimum atomic E-state index is -2.80. The Morgan fingerprint density at radius 2 is 2.00 bits per heavy atom. The van der Waals surface area contributed by atoms with E-state index < -0.39 is 12.5 Å². The van der Waals surface area contributed by atoms with Gasteiger partial charge >= 0.3 is 6.55 Å². The molecular formula is C16H17F2N5O2. The number of halogens is 2. The molecule has 1 amide bonds. The lowest BCUT2D eigenvalue weighted by atomic mass is 10.2. The fourth-order valence-electron chi connectivity index (χ4n) is 2.36. The van der Waals surface area contributed by atoms with Gasteiger partial charge in [0.25, 0.3) is 5.91 Å². The third-order valence-corrected chi connectivity index (χ3v) is 3.66. The summed E-state index contributed by atoms with van der Waals surface area (Å²) in [4.78, 5) is 12.3. The van der Waals surface area contributed by atoms with Crippen LogP contribution in [0.5, 0.6) is 5.75 Å². The molecule has 132 valence electrons. The van der Waals surface area contributed by atoms with E-state index in [2.05, 4.69) is 15.5 Å². The maximum atomic E-state index is 12.6. The van der Waals surface area contributed by atoms with Gasteiger partial charge in [0.15, 0.2) is 5.69 Å². The summed E-state index contributed by atoms with van der Waals surface area (Å²) in [5.74, 6) is -0.184. The van der Waals surface area contributed by atoms with Crippen LogP contribution < -0.4 is 10.1 Å². The molecule has 0 aliphatic rings. The summed E-state index contributed by atoms with van der Waals surface area (Å²) in [5.41, 5.74) is 1.03. The average Bonchev–Trinajstić information content (AvgIpc) is 3.20. The van der Waals surface area contributed by atoms with Crippen molar-refractivity contribution in [1.29, 1.82) is 0 Å². The summed E-state index contributed by atoms with van der Waals surface area (Å²) in [5, 5.41) is 11.5. The summed E-state index contributed by atoms with van der Waals surface area (Å²) in [7, 11) is 1.47. The first-order valence-electron chi connectivity index (χ1n) is 7.60. The van der Waals surface area contributed by atoms with Gasteiger partial charge in [-0.3, -0.25) is 9.48 Å². The quantitative estimate of drug-likeness (QED) is 0.765. The van der Waals surface area contributed by atoms with Gasteiger partial charge < -0.3 is 10.1 Å². The molecule has 0 bridgehead atoms. The van der Waals surface area contributed by atoms with E-state index in [4.69, 9.17) is 4.74 Å². The van der Waals surface area contributed by atoms with Gasteiger partial charge in [-0.2, -0.15) is 19.0 Å². The van der Waals surface area contributed by atoms with Crippen molar-refractivity contribution in [3.05, 3.63) is 36.3 Å². The van der Waals surface area contributed by atoms with E-state index in [0.29, 0.717) is 16.1 Å². The fourth-order valence-corrected chi connectivity index (χ4v) is 2.36. The lowest BCUT2D eigenvalue weighted by molar-refractivity contribution is 0.0561. The van der Waals surface area contributed by atoms with Gasteiger partial charge in [0.2, 0.25) is 0 Å². The third kappa shape index (κ3) is 3.30. The molecule has 0 aliphatic heterocycles. The number of hydrogen-bond donors (Lipinski definition) is 1. The highest BCUT2D eigenvalue weighted by molar-refractivity contribution is 6.04. The molecule has 3 rings (SSSR count). The Morgan fingerprint density at radius 3 is 2.60 bits per heavy atom. The van der Waals surface area contributed by atoms with Crippen LogP contribution in [0.2, 0.25) is 0 Å². The summed E-state index contributed by atoms with van der Waals surface area (Å²) < 4.78 is 32.7. The highest BCUT2D eigenvalue weighted by Gasteiger charge is 2.16. The first-order valence-corrected chi connectivity index (χ1v) is 7.60. The molecule has 2 heterocycles. The number of ether oxygens (including phenoxy) is 1. The number of carbonyl (C=O) groups is 1. The number of carbonyl (C=O) groups excluding carboxylic acids is 1. The molecule has 3 aromatic rings. The van der Waals surface area contributed by atoms with E-state index in [1.807, 2.05) is 20.0 Å². The van der Waals surface area contributed by atoms with Gasteiger partial charge in [-0.05, 0) is 26.0 Å². The van der Waals surface area contributed by atoms with Crippen LogP contribution >= 0.6 is 0 Å². The van der Waals surface area contributed by atoms with Crippen LogP contribution in [0.4, 0.5) is 14.5 Å². The van der Waals surface area contributed by atoms with E-state index in [-0.39, 0.29) is 11.7 Å². The maximum Gasteiger partial charge on any atom is 0.333 e. The molecule has 0 radical (unpaired) electrons. The highest BCUT2D eigenvalue weighted by atomic mass is 19.3. The number of methoxy groups -OCH3 is 1. The number of amides is 1. The van der Waals surface area contributed by atoms with Crippen LogP contribution in [0.25, 0.3) is 10.9 Å². The van der Waals surface area contributed by atoms with Crippen LogP contribution in [0.1, 0.15) is 36.9 Å². The molecule has 0 saturated heterocycles. The van der Waals surface area contributed by atoms with Gasteiger partial charge in [0, 0.05) is 29.9 Å². The number of nitrogens with zero attached hydrogens (tertiary/aromatic N) is 4. The minimum Gasteiger partial charge on any atom is -0.494 e.